The van der Waals surface area contributed by atoms with Crippen LogP contribution in [0.15, 0.2) is 212 Å². The van der Waals surface area contributed by atoms with E-state index in [1.54, 1.807) is 0 Å². The topological polar surface area (TPSA) is 12.5 Å². The molecular weight excluding hydrogens is 683 g/mol. The van der Waals surface area contributed by atoms with Crippen LogP contribution in [0.4, 0.5) is 17.1 Å². The predicted octanol–water partition coefficient (Wildman–Crippen LogP) is 11.1. The fourth-order valence-electron chi connectivity index (χ4n) is 9.21. The van der Waals surface area contributed by atoms with Crippen molar-refractivity contribution in [3.63, 3.8) is 0 Å². The maximum Gasteiger partial charge on any atom is 0.189 e. The van der Waals surface area contributed by atoms with E-state index in [2.05, 4.69) is 217 Å². The summed E-state index contributed by atoms with van der Waals surface area (Å²) in [7, 11) is -2.69. The number of nitrogens with zero attached hydrogens (tertiary/aromatic N) is 1. The first-order valence-corrected chi connectivity index (χ1v) is 20.9. The quantitative estimate of drug-likeness (QED) is 0.164. The second kappa shape index (κ2) is 12.6. The van der Waals surface area contributed by atoms with E-state index in [9.17, 15) is 0 Å². The Morgan fingerprint density at radius 1 is 0.345 bits per heavy atom. The van der Waals surface area contributed by atoms with Gasteiger partial charge in [-0.3, -0.25) is 0 Å². The van der Waals surface area contributed by atoms with E-state index in [0.29, 0.717) is 0 Å². The van der Waals surface area contributed by atoms with Crippen molar-refractivity contribution in [3.8, 4) is 44.9 Å². The van der Waals surface area contributed by atoms with Crippen molar-refractivity contribution in [2.75, 3.05) is 4.90 Å². The highest BCUT2D eigenvalue weighted by Crippen LogP contribution is 2.44. The average Bonchev–Trinajstić information content (AvgIpc) is 3.55. The molecule has 0 N–H and O–H groups in total. The number of ether oxygens (including phenoxy) is 1. The van der Waals surface area contributed by atoms with Gasteiger partial charge >= 0.3 is 0 Å². The molecule has 258 valence electrons. The third-order valence-electron chi connectivity index (χ3n) is 11.5. The maximum atomic E-state index is 7.00. The molecule has 0 saturated heterocycles. The van der Waals surface area contributed by atoms with Crippen LogP contribution in [0.25, 0.3) is 44.2 Å². The summed E-state index contributed by atoms with van der Waals surface area (Å²) in [6.45, 7) is 0. The first-order valence-electron chi connectivity index (χ1n) is 18.9. The zero-order chi connectivity index (χ0) is 36.3. The number of hydrogen-bond donors (Lipinski definition) is 0. The smallest absolute Gasteiger partial charge is 0.189 e. The van der Waals surface area contributed by atoms with E-state index in [0.717, 1.165) is 34.1 Å². The molecule has 55 heavy (non-hydrogen) atoms. The van der Waals surface area contributed by atoms with Gasteiger partial charge in [0.1, 0.15) is 11.5 Å². The summed E-state index contributed by atoms with van der Waals surface area (Å²) in [5.41, 5.74) is 10.6. The Labute approximate surface area is 322 Å². The summed E-state index contributed by atoms with van der Waals surface area (Å²) >= 11 is 0. The van der Waals surface area contributed by atoms with Gasteiger partial charge in [-0.1, -0.05) is 176 Å². The van der Waals surface area contributed by atoms with Crippen molar-refractivity contribution in [2.45, 2.75) is 0 Å². The fraction of sp³-hybridized carbons (Fsp3) is 0. The molecule has 3 heteroatoms. The molecule has 2 heterocycles. The summed E-state index contributed by atoms with van der Waals surface area (Å²) in [6, 6.07) is 77.4. The summed E-state index contributed by atoms with van der Waals surface area (Å²) in [6.07, 6.45) is 0. The van der Waals surface area contributed by atoms with Crippen LogP contribution in [0.3, 0.4) is 0 Å². The lowest BCUT2D eigenvalue weighted by Gasteiger charge is -2.38. The van der Waals surface area contributed by atoms with Crippen LogP contribution in [0.1, 0.15) is 0 Å². The Kier molecular flexibility index (Phi) is 7.22. The van der Waals surface area contributed by atoms with E-state index in [1.165, 1.54) is 59.3 Å². The van der Waals surface area contributed by atoms with Gasteiger partial charge in [-0.15, -0.1) is 0 Å². The van der Waals surface area contributed by atoms with Crippen LogP contribution < -0.4 is 30.4 Å². The van der Waals surface area contributed by atoms with Gasteiger partial charge in [0.15, 0.2) is 8.07 Å². The molecule has 9 aromatic carbocycles. The number of anilines is 3. The predicted molar refractivity (Wildman–Crippen MR) is 232 cm³/mol. The van der Waals surface area contributed by atoms with Crippen LogP contribution in [-0.2, 0) is 0 Å². The molecule has 0 bridgehead atoms. The average molecular weight is 718 g/mol. The first kappa shape index (κ1) is 31.6. The maximum absolute atomic E-state index is 7.00. The lowest BCUT2D eigenvalue weighted by molar-refractivity contribution is 0.487. The third kappa shape index (κ3) is 4.80. The van der Waals surface area contributed by atoms with E-state index in [-0.39, 0.29) is 0 Å². The second-order valence-electron chi connectivity index (χ2n) is 14.4. The molecule has 0 saturated carbocycles. The van der Waals surface area contributed by atoms with Gasteiger partial charge < -0.3 is 9.64 Å². The van der Waals surface area contributed by atoms with Crippen LogP contribution in [0, 0.1) is 0 Å². The molecule has 2 aliphatic heterocycles. The molecule has 0 fully saturated rings. The molecule has 0 unspecified atom stereocenters. The van der Waals surface area contributed by atoms with E-state index in [4.69, 9.17) is 4.74 Å². The van der Waals surface area contributed by atoms with E-state index < -0.39 is 8.07 Å². The highest BCUT2D eigenvalue weighted by molar-refractivity contribution is 7.23. The Morgan fingerprint density at radius 3 is 1.67 bits per heavy atom. The highest BCUT2D eigenvalue weighted by atomic mass is 28.3. The molecule has 0 radical (unpaired) electrons. The van der Waals surface area contributed by atoms with Gasteiger partial charge in [0.05, 0.1) is 5.69 Å². The normalized spacial score (nSPS) is 13.0. The van der Waals surface area contributed by atoms with Gasteiger partial charge in [0, 0.05) is 23.0 Å². The zero-order valence-electron chi connectivity index (χ0n) is 30.1. The number of fused-ring (bicyclic) bond motifs is 10. The molecule has 0 aliphatic carbocycles. The van der Waals surface area contributed by atoms with Crippen LogP contribution in [-0.4, -0.2) is 8.07 Å². The minimum absolute atomic E-state index is 0.920. The number of para-hydroxylation sites is 2. The SMILES string of the molecule is c1ccc(-c2ccccc2N(c2ccc(-c3cccc4ccccc34)cc2)c2ccc3c(c2)Oc2ccccc2[Si]32c3ccccc3-c3ccccc32)cc1. The standard InChI is InChI=1S/C52H35NOSi/c1-2-15-37(16-3-1)43-20-6-9-24-46(43)53(39-31-29-38(30-32-39)42-23-14-18-36-17-4-5-19-41(36)42)40-33-34-52-48(35-40)54-47-25-10-13-28-51(47)55(52)49-26-11-7-21-44(49)45-22-8-12-27-50(45)55/h1-35H. The first-order chi connectivity index (χ1) is 27.3. The van der Waals surface area contributed by atoms with Crippen molar-refractivity contribution < 1.29 is 4.74 Å². The second-order valence-corrected chi connectivity index (χ2v) is 18.1. The summed E-state index contributed by atoms with van der Waals surface area (Å²) in [5, 5.41) is 7.95. The lowest BCUT2D eigenvalue weighted by atomic mass is 9.97. The Bertz CT molecular complexity index is 2870. The molecule has 9 aromatic rings. The molecule has 0 atom stereocenters. The van der Waals surface area contributed by atoms with Gasteiger partial charge in [0.2, 0.25) is 0 Å². The monoisotopic (exact) mass is 717 g/mol. The number of hydrogen-bond acceptors (Lipinski definition) is 2. The number of rotatable bonds is 5. The summed E-state index contributed by atoms with van der Waals surface area (Å²) < 4.78 is 7.00. The fourth-order valence-corrected chi connectivity index (χ4v) is 14.6. The van der Waals surface area contributed by atoms with E-state index in [1.807, 2.05) is 0 Å². The van der Waals surface area contributed by atoms with Crippen molar-refractivity contribution in [1.29, 1.82) is 0 Å². The minimum Gasteiger partial charge on any atom is -0.457 e. The van der Waals surface area contributed by atoms with Crippen molar-refractivity contribution in [2.24, 2.45) is 0 Å². The molecule has 11 rings (SSSR count). The van der Waals surface area contributed by atoms with Crippen LogP contribution in [0.2, 0.25) is 0 Å². The molecular formula is C52H35NOSi. The van der Waals surface area contributed by atoms with Gasteiger partial charge in [-0.2, -0.15) is 0 Å². The lowest BCUT2D eigenvalue weighted by Crippen LogP contribution is -2.74. The van der Waals surface area contributed by atoms with Crippen LogP contribution >= 0.6 is 0 Å². The molecule has 2 aliphatic rings. The highest BCUT2D eigenvalue weighted by Gasteiger charge is 2.53. The van der Waals surface area contributed by atoms with Gasteiger partial charge in [-0.05, 0) is 89.7 Å². The van der Waals surface area contributed by atoms with Crippen molar-refractivity contribution in [1.82, 2.24) is 0 Å². The van der Waals surface area contributed by atoms with Crippen LogP contribution in [0.5, 0.6) is 11.5 Å². The van der Waals surface area contributed by atoms with Gasteiger partial charge in [0.25, 0.3) is 0 Å². The molecule has 2 nitrogen and oxygen atoms in total. The largest absolute Gasteiger partial charge is 0.457 e. The molecule has 0 aromatic heterocycles. The zero-order valence-corrected chi connectivity index (χ0v) is 31.1. The minimum atomic E-state index is -2.69. The summed E-state index contributed by atoms with van der Waals surface area (Å²) in [4.78, 5) is 2.39. The molecule has 0 amide bonds. The summed E-state index contributed by atoms with van der Waals surface area (Å²) in [5.74, 6) is 1.87. The molecule has 1 spiro atoms. The Morgan fingerprint density at radius 2 is 0.891 bits per heavy atom. The van der Waals surface area contributed by atoms with Gasteiger partial charge in [-0.25, -0.2) is 0 Å². The Hall–Kier alpha value is -6.94. The number of benzene rings is 9. The Balaban J connectivity index is 1.12. The van der Waals surface area contributed by atoms with E-state index >= 15 is 0 Å². The van der Waals surface area contributed by atoms with Crippen molar-refractivity contribution >= 4 is 56.7 Å². The third-order valence-corrected chi connectivity index (χ3v) is 16.5. The van der Waals surface area contributed by atoms with Crippen molar-refractivity contribution in [3.05, 3.63) is 212 Å².